The van der Waals surface area contributed by atoms with Gasteiger partial charge in [-0.3, -0.25) is 9.69 Å². The molecule has 7 nitrogen and oxygen atoms in total. The van der Waals surface area contributed by atoms with Crippen LogP contribution in [-0.4, -0.2) is 84.0 Å². The van der Waals surface area contributed by atoms with Crippen LogP contribution in [0.25, 0.3) is 0 Å². The number of hydrogen-bond donors (Lipinski definition) is 1. The summed E-state index contributed by atoms with van der Waals surface area (Å²) in [7, 11) is 0. The molecule has 3 heterocycles. The number of piperazine rings is 1. The van der Waals surface area contributed by atoms with Gasteiger partial charge in [-0.05, 0) is 44.9 Å². The third-order valence-corrected chi connectivity index (χ3v) is 8.03. The highest BCUT2D eigenvalue weighted by molar-refractivity contribution is 7.09. The van der Waals surface area contributed by atoms with Gasteiger partial charge in [0.25, 0.3) is 5.91 Å². The number of likely N-dealkylation sites (tertiary alicyclic amines) is 1. The van der Waals surface area contributed by atoms with Crippen molar-refractivity contribution in [1.82, 2.24) is 25.0 Å². The number of carbonyl (C=O) groups is 2. The standard InChI is InChI=1S/C25H37N5O2S/c1-2-12-28-15-17-29(18-16-28)24(31)22-19-33-23(27-22)21-9-13-30(14-10-21)25(32)26-11-8-20-6-4-3-5-7-20/h2,6,19,21H,1,3-5,7-18H2,(H,26,32). The Balaban J connectivity index is 1.20. The van der Waals surface area contributed by atoms with E-state index >= 15 is 0 Å². The van der Waals surface area contributed by atoms with E-state index in [1.165, 1.54) is 31.3 Å². The fourth-order valence-corrected chi connectivity index (χ4v) is 5.92. The van der Waals surface area contributed by atoms with E-state index < -0.39 is 0 Å². The first kappa shape index (κ1) is 24.0. The molecule has 1 aliphatic carbocycles. The highest BCUT2D eigenvalue weighted by Crippen LogP contribution is 2.30. The third kappa shape index (κ3) is 6.44. The van der Waals surface area contributed by atoms with Gasteiger partial charge in [-0.1, -0.05) is 17.7 Å². The van der Waals surface area contributed by atoms with Crippen LogP contribution in [0, 0.1) is 0 Å². The van der Waals surface area contributed by atoms with Crippen LogP contribution in [0.1, 0.15) is 66.4 Å². The van der Waals surface area contributed by atoms with Crippen molar-refractivity contribution < 1.29 is 9.59 Å². The zero-order valence-corrected chi connectivity index (χ0v) is 20.5. The maximum Gasteiger partial charge on any atom is 0.317 e. The van der Waals surface area contributed by atoms with Gasteiger partial charge in [0.1, 0.15) is 5.69 Å². The second-order valence-electron chi connectivity index (χ2n) is 9.30. The van der Waals surface area contributed by atoms with E-state index in [0.29, 0.717) is 11.6 Å². The molecule has 3 amide bonds. The van der Waals surface area contributed by atoms with Gasteiger partial charge < -0.3 is 15.1 Å². The highest BCUT2D eigenvalue weighted by atomic mass is 32.1. The lowest BCUT2D eigenvalue weighted by molar-refractivity contribution is 0.0645. The zero-order valence-electron chi connectivity index (χ0n) is 19.6. The molecule has 0 spiro atoms. The van der Waals surface area contributed by atoms with Crippen molar-refractivity contribution in [2.75, 3.05) is 52.4 Å². The molecule has 0 atom stereocenters. The Kier molecular flexibility index (Phi) is 8.56. The van der Waals surface area contributed by atoms with Crippen LogP contribution in [0.3, 0.4) is 0 Å². The van der Waals surface area contributed by atoms with Crippen molar-refractivity contribution in [2.24, 2.45) is 0 Å². The molecule has 1 N–H and O–H groups in total. The Labute approximate surface area is 201 Å². The molecule has 33 heavy (non-hydrogen) atoms. The second kappa shape index (κ2) is 11.8. The number of carbonyl (C=O) groups excluding carboxylic acids is 2. The van der Waals surface area contributed by atoms with E-state index in [-0.39, 0.29) is 11.9 Å². The van der Waals surface area contributed by atoms with E-state index in [9.17, 15) is 9.59 Å². The molecule has 8 heteroatoms. The number of nitrogens with one attached hydrogen (secondary N) is 1. The Morgan fingerprint density at radius 2 is 1.91 bits per heavy atom. The van der Waals surface area contributed by atoms with Crippen LogP contribution in [-0.2, 0) is 0 Å². The number of aromatic nitrogens is 1. The van der Waals surface area contributed by atoms with Crippen LogP contribution in [0.5, 0.6) is 0 Å². The Hall–Kier alpha value is -2.19. The van der Waals surface area contributed by atoms with Crippen molar-refractivity contribution in [3.05, 3.63) is 40.4 Å². The summed E-state index contributed by atoms with van der Waals surface area (Å²) in [5, 5.41) is 6.04. The van der Waals surface area contributed by atoms with E-state index in [2.05, 4.69) is 22.9 Å². The van der Waals surface area contributed by atoms with E-state index in [1.807, 2.05) is 21.3 Å². The lowest BCUT2D eigenvalue weighted by Gasteiger charge is -2.33. The first-order valence-corrected chi connectivity index (χ1v) is 13.3. The number of urea groups is 1. The SMILES string of the molecule is C=CCN1CCN(C(=O)c2csc(C3CCN(C(=O)NCCC4=CCCCC4)CC3)n2)CC1. The van der Waals surface area contributed by atoms with E-state index in [1.54, 1.807) is 11.3 Å². The summed E-state index contributed by atoms with van der Waals surface area (Å²) in [5.41, 5.74) is 2.07. The number of hydrogen-bond acceptors (Lipinski definition) is 5. The summed E-state index contributed by atoms with van der Waals surface area (Å²) in [6.45, 7) is 10.1. The van der Waals surface area contributed by atoms with Crippen LogP contribution in [0.15, 0.2) is 29.7 Å². The Bertz CT molecular complexity index is 851. The van der Waals surface area contributed by atoms with Gasteiger partial charge in [0, 0.05) is 63.7 Å². The second-order valence-corrected chi connectivity index (χ2v) is 10.2. The predicted octanol–water partition coefficient (Wildman–Crippen LogP) is 3.87. The van der Waals surface area contributed by atoms with Crippen molar-refractivity contribution in [3.63, 3.8) is 0 Å². The molecular formula is C25H37N5O2S. The summed E-state index contributed by atoms with van der Waals surface area (Å²) in [5.74, 6) is 0.373. The average molecular weight is 472 g/mol. The van der Waals surface area contributed by atoms with Gasteiger partial charge >= 0.3 is 6.03 Å². The van der Waals surface area contributed by atoms with Gasteiger partial charge in [0.05, 0.1) is 5.01 Å². The van der Waals surface area contributed by atoms with Gasteiger partial charge in [0.2, 0.25) is 0 Å². The Morgan fingerprint density at radius 3 is 2.61 bits per heavy atom. The van der Waals surface area contributed by atoms with Gasteiger partial charge in [-0.15, -0.1) is 17.9 Å². The zero-order chi connectivity index (χ0) is 23.0. The molecule has 2 fully saturated rings. The molecule has 0 saturated carbocycles. The van der Waals surface area contributed by atoms with Crippen molar-refractivity contribution in [3.8, 4) is 0 Å². The number of allylic oxidation sites excluding steroid dienone is 1. The number of piperidine rings is 1. The molecule has 180 valence electrons. The maximum atomic E-state index is 12.9. The number of nitrogens with zero attached hydrogens (tertiary/aromatic N) is 4. The number of amides is 3. The smallest absolute Gasteiger partial charge is 0.317 e. The highest BCUT2D eigenvalue weighted by Gasteiger charge is 2.28. The van der Waals surface area contributed by atoms with Gasteiger partial charge in [-0.2, -0.15) is 0 Å². The van der Waals surface area contributed by atoms with E-state index in [0.717, 1.165) is 76.6 Å². The van der Waals surface area contributed by atoms with Crippen LogP contribution >= 0.6 is 11.3 Å². The molecule has 2 saturated heterocycles. The molecular weight excluding hydrogens is 434 g/mol. The minimum Gasteiger partial charge on any atom is -0.338 e. The molecule has 0 aromatic carbocycles. The monoisotopic (exact) mass is 471 g/mol. The fraction of sp³-hybridized carbons (Fsp3) is 0.640. The number of rotatable bonds is 7. The minimum absolute atomic E-state index is 0.0423. The summed E-state index contributed by atoms with van der Waals surface area (Å²) in [4.78, 5) is 36.3. The summed E-state index contributed by atoms with van der Waals surface area (Å²) < 4.78 is 0. The molecule has 3 aliphatic rings. The molecule has 0 bridgehead atoms. The fourth-order valence-electron chi connectivity index (χ4n) is 4.95. The quantitative estimate of drug-likeness (QED) is 0.613. The molecule has 1 aromatic rings. The first-order valence-electron chi connectivity index (χ1n) is 12.4. The predicted molar refractivity (Wildman–Crippen MR) is 133 cm³/mol. The van der Waals surface area contributed by atoms with Crippen molar-refractivity contribution in [1.29, 1.82) is 0 Å². The van der Waals surface area contributed by atoms with Crippen LogP contribution in [0.2, 0.25) is 0 Å². The first-order chi connectivity index (χ1) is 16.1. The topological polar surface area (TPSA) is 68.8 Å². The lowest BCUT2D eigenvalue weighted by Crippen LogP contribution is -2.48. The molecule has 1 aromatic heterocycles. The molecule has 2 aliphatic heterocycles. The van der Waals surface area contributed by atoms with E-state index in [4.69, 9.17) is 4.98 Å². The van der Waals surface area contributed by atoms with Gasteiger partial charge in [-0.25, -0.2) is 9.78 Å². The lowest BCUT2D eigenvalue weighted by atomic mass is 9.97. The molecule has 0 unspecified atom stereocenters. The van der Waals surface area contributed by atoms with Crippen LogP contribution < -0.4 is 5.32 Å². The van der Waals surface area contributed by atoms with Gasteiger partial charge in [0.15, 0.2) is 0 Å². The largest absolute Gasteiger partial charge is 0.338 e. The summed E-state index contributed by atoms with van der Waals surface area (Å²) in [6, 6.07) is 0.0514. The average Bonchev–Trinajstić information content (AvgIpc) is 3.35. The molecule has 0 radical (unpaired) electrons. The number of thiazole rings is 1. The molecule has 4 rings (SSSR count). The van der Waals surface area contributed by atoms with Crippen molar-refractivity contribution >= 4 is 23.3 Å². The summed E-state index contributed by atoms with van der Waals surface area (Å²) >= 11 is 1.59. The van der Waals surface area contributed by atoms with Crippen molar-refractivity contribution in [2.45, 2.75) is 50.9 Å². The van der Waals surface area contributed by atoms with Crippen LogP contribution in [0.4, 0.5) is 4.79 Å². The minimum atomic E-state index is 0.0423. The maximum absolute atomic E-state index is 12.9. The normalized spacial score (nSPS) is 20.4. The third-order valence-electron chi connectivity index (χ3n) is 7.03. The summed E-state index contributed by atoms with van der Waals surface area (Å²) in [6.07, 6.45) is 12.0. The Morgan fingerprint density at radius 1 is 1.12 bits per heavy atom.